The summed E-state index contributed by atoms with van der Waals surface area (Å²) in [5, 5.41) is 3.70. The highest BCUT2D eigenvalue weighted by atomic mass is 16.5. The molecule has 0 radical (unpaired) electrons. The minimum atomic E-state index is -0.401. The van der Waals surface area contributed by atoms with Crippen molar-refractivity contribution in [3.8, 4) is 5.75 Å². The molecule has 1 spiro atoms. The lowest BCUT2D eigenvalue weighted by Gasteiger charge is -2.44. The molecule has 2 amide bonds. The summed E-state index contributed by atoms with van der Waals surface area (Å²) in [6.07, 6.45) is 2.27. The Morgan fingerprint density at radius 3 is 2.36 bits per heavy atom. The summed E-state index contributed by atoms with van der Waals surface area (Å²) < 4.78 is 5.49. The predicted octanol–water partition coefficient (Wildman–Crippen LogP) is 4.06. The minimum Gasteiger partial charge on any atom is -0.494 e. The van der Waals surface area contributed by atoms with Gasteiger partial charge in [0.05, 0.1) is 18.3 Å². The SMILES string of the molecule is CCOc1ccc(C(=O)N2CCC3(CC2)NC(CC(C)C)C(=O)N3Cc2ccccc2)cc1. The first-order valence-electron chi connectivity index (χ1n) is 12.1. The van der Waals surface area contributed by atoms with Crippen LogP contribution in [0.25, 0.3) is 0 Å². The van der Waals surface area contributed by atoms with Gasteiger partial charge in [-0.3, -0.25) is 14.9 Å². The van der Waals surface area contributed by atoms with E-state index < -0.39 is 5.66 Å². The van der Waals surface area contributed by atoms with Gasteiger partial charge in [-0.2, -0.15) is 0 Å². The second kappa shape index (κ2) is 9.96. The molecule has 2 aliphatic heterocycles. The van der Waals surface area contributed by atoms with Gasteiger partial charge >= 0.3 is 0 Å². The molecule has 0 bridgehead atoms. The zero-order chi connectivity index (χ0) is 23.4. The first-order valence-corrected chi connectivity index (χ1v) is 12.1. The van der Waals surface area contributed by atoms with Crippen molar-refractivity contribution in [2.24, 2.45) is 5.92 Å². The fraction of sp³-hybridized carbons (Fsp3) is 0.481. The number of amides is 2. The lowest BCUT2D eigenvalue weighted by molar-refractivity contribution is -0.134. The summed E-state index contributed by atoms with van der Waals surface area (Å²) in [4.78, 5) is 30.5. The Kier molecular flexibility index (Phi) is 7.03. The highest BCUT2D eigenvalue weighted by Crippen LogP contribution is 2.35. The number of nitrogens with zero attached hydrogens (tertiary/aromatic N) is 2. The van der Waals surface area contributed by atoms with Gasteiger partial charge in [-0.05, 0) is 49.1 Å². The Morgan fingerprint density at radius 1 is 1.09 bits per heavy atom. The van der Waals surface area contributed by atoms with Gasteiger partial charge in [0, 0.05) is 38.0 Å². The van der Waals surface area contributed by atoms with Gasteiger partial charge in [0.25, 0.3) is 5.91 Å². The number of carbonyl (C=O) groups is 2. The molecule has 1 N–H and O–H groups in total. The number of nitrogens with one attached hydrogen (secondary N) is 1. The predicted molar refractivity (Wildman–Crippen MR) is 129 cm³/mol. The first kappa shape index (κ1) is 23.3. The lowest BCUT2D eigenvalue weighted by Crippen LogP contribution is -2.59. The quantitative estimate of drug-likeness (QED) is 0.692. The topological polar surface area (TPSA) is 61.9 Å². The Bertz CT molecular complexity index is 950. The maximum absolute atomic E-state index is 13.4. The zero-order valence-electron chi connectivity index (χ0n) is 19.9. The van der Waals surface area contributed by atoms with Gasteiger partial charge < -0.3 is 14.5 Å². The summed E-state index contributed by atoms with van der Waals surface area (Å²) in [7, 11) is 0. The first-order chi connectivity index (χ1) is 15.9. The van der Waals surface area contributed by atoms with E-state index in [-0.39, 0.29) is 17.9 Å². The highest BCUT2D eigenvalue weighted by molar-refractivity contribution is 5.94. The average molecular weight is 450 g/mol. The van der Waals surface area contributed by atoms with Crippen LogP contribution >= 0.6 is 0 Å². The maximum Gasteiger partial charge on any atom is 0.253 e. The summed E-state index contributed by atoms with van der Waals surface area (Å²) >= 11 is 0. The van der Waals surface area contributed by atoms with E-state index in [4.69, 9.17) is 4.74 Å². The molecule has 2 saturated heterocycles. The van der Waals surface area contributed by atoms with Crippen LogP contribution in [0.3, 0.4) is 0 Å². The van der Waals surface area contributed by atoms with Crippen molar-refractivity contribution in [3.63, 3.8) is 0 Å². The third-order valence-electron chi connectivity index (χ3n) is 6.70. The van der Waals surface area contributed by atoms with E-state index in [2.05, 4.69) is 31.3 Å². The molecular weight excluding hydrogens is 414 g/mol. The fourth-order valence-electron chi connectivity index (χ4n) is 5.03. The largest absolute Gasteiger partial charge is 0.494 e. The Hall–Kier alpha value is -2.86. The van der Waals surface area contributed by atoms with Gasteiger partial charge in [-0.1, -0.05) is 44.2 Å². The lowest BCUT2D eigenvalue weighted by atomic mass is 9.94. The van der Waals surface area contributed by atoms with Crippen molar-refractivity contribution in [3.05, 3.63) is 65.7 Å². The van der Waals surface area contributed by atoms with Crippen LogP contribution in [0.2, 0.25) is 0 Å². The fourth-order valence-corrected chi connectivity index (χ4v) is 5.03. The van der Waals surface area contributed by atoms with Crippen LogP contribution in [0, 0.1) is 5.92 Å². The van der Waals surface area contributed by atoms with Gasteiger partial charge in [0.2, 0.25) is 5.91 Å². The van der Waals surface area contributed by atoms with Gasteiger partial charge in [-0.15, -0.1) is 0 Å². The maximum atomic E-state index is 13.4. The summed E-state index contributed by atoms with van der Waals surface area (Å²) in [5.41, 5.74) is 1.40. The van der Waals surface area contributed by atoms with Crippen LogP contribution in [0.1, 0.15) is 56.0 Å². The molecule has 33 heavy (non-hydrogen) atoms. The van der Waals surface area contributed by atoms with Crippen molar-refractivity contribution in [2.45, 2.75) is 58.3 Å². The van der Waals surface area contributed by atoms with E-state index in [9.17, 15) is 9.59 Å². The second-order valence-corrected chi connectivity index (χ2v) is 9.52. The minimum absolute atomic E-state index is 0.0329. The van der Waals surface area contributed by atoms with Gasteiger partial charge in [0.15, 0.2) is 0 Å². The number of ether oxygens (including phenoxy) is 1. The molecule has 176 valence electrons. The van der Waals surface area contributed by atoms with Crippen molar-refractivity contribution < 1.29 is 14.3 Å². The molecule has 0 aromatic heterocycles. The summed E-state index contributed by atoms with van der Waals surface area (Å²) in [6, 6.07) is 17.3. The van der Waals surface area contributed by atoms with Crippen LogP contribution < -0.4 is 10.1 Å². The van der Waals surface area contributed by atoms with Crippen molar-refractivity contribution in [2.75, 3.05) is 19.7 Å². The Balaban J connectivity index is 1.48. The molecule has 0 aliphatic carbocycles. The standard InChI is InChI=1S/C27H35N3O3/c1-4-33-23-12-10-22(11-13-23)25(31)29-16-14-27(15-17-29)28-24(18-20(2)3)26(32)30(27)19-21-8-6-5-7-9-21/h5-13,20,24,28H,4,14-19H2,1-3H3. The van der Waals surface area contributed by atoms with E-state index in [1.807, 2.05) is 59.2 Å². The average Bonchev–Trinajstić information content (AvgIpc) is 3.05. The van der Waals surface area contributed by atoms with Gasteiger partial charge in [-0.25, -0.2) is 0 Å². The monoisotopic (exact) mass is 449 g/mol. The number of hydrogen-bond donors (Lipinski definition) is 1. The smallest absolute Gasteiger partial charge is 0.253 e. The molecule has 2 fully saturated rings. The molecule has 4 rings (SSSR count). The molecule has 2 aromatic carbocycles. The van der Waals surface area contributed by atoms with Crippen molar-refractivity contribution in [1.29, 1.82) is 0 Å². The Morgan fingerprint density at radius 2 is 1.76 bits per heavy atom. The van der Waals surface area contributed by atoms with Crippen LogP contribution in [0.15, 0.2) is 54.6 Å². The van der Waals surface area contributed by atoms with Gasteiger partial charge in [0.1, 0.15) is 5.75 Å². The van der Waals surface area contributed by atoms with E-state index in [0.29, 0.717) is 37.7 Å². The van der Waals surface area contributed by atoms with Crippen LogP contribution in [-0.2, 0) is 11.3 Å². The zero-order valence-corrected chi connectivity index (χ0v) is 19.9. The number of hydrogen-bond acceptors (Lipinski definition) is 4. The number of carbonyl (C=O) groups excluding carboxylic acids is 2. The highest BCUT2D eigenvalue weighted by Gasteiger charge is 2.51. The molecule has 2 aliphatic rings. The molecule has 6 heteroatoms. The van der Waals surface area contributed by atoms with Crippen LogP contribution in [0.5, 0.6) is 5.75 Å². The molecular formula is C27H35N3O3. The van der Waals surface area contributed by atoms with E-state index >= 15 is 0 Å². The third-order valence-corrected chi connectivity index (χ3v) is 6.70. The van der Waals surface area contributed by atoms with E-state index in [1.165, 1.54) is 0 Å². The number of piperidine rings is 1. The summed E-state index contributed by atoms with van der Waals surface area (Å²) in [5.74, 6) is 1.42. The Labute approximate surface area is 196 Å². The molecule has 0 saturated carbocycles. The van der Waals surface area contributed by atoms with Crippen LogP contribution in [0.4, 0.5) is 0 Å². The van der Waals surface area contributed by atoms with Crippen molar-refractivity contribution >= 4 is 11.8 Å². The molecule has 6 nitrogen and oxygen atoms in total. The van der Waals surface area contributed by atoms with Crippen molar-refractivity contribution in [1.82, 2.24) is 15.1 Å². The van der Waals surface area contributed by atoms with Crippen LogP contribution in [-0.4, -0.2) is 53.0 Å². The number of benzene rings is 2. The molecule has 2 heterocycles. The molecule has 1 atom stereocenters. The number of likely N-dealkylation sites (tertiary alicyclic amines) is 1. The normalized spacial score (nSPS) is 20.0. The second-order valence-electron chi connectivity index (χ2n) is 9.52. The summed E-state index contributed by atoms with van der Waals surface area (Å²) in [6.45, 7) is 8.67. The van der Waals surface area contributed by atoms with E-state index in [0.717, 1.165) is 30.6 Å². The molecule has 1 unspecified atom stereocenters. The number of rotatable bonds is 7. The molecule has 2 aromatic rings. The van der Waals surface area contributed by atoms with E-state index in [1.54, 1.807) is 0 Å². The third kappa shape index (κ3) is 5.06.